The van der Waals surface area contributed by atoms with Gasteiger partial charge in [0.15, 0.2) is 8.32 Å². The largest absolute Gasteiger partial charge is 0.369 e. The second-order valence-electron chi connectivity index (χ2n) is 7.17. The molecule has 4 nitrogen and oxygen atoms in total. The van der Waals surface area contributed by atoms with Crippen molar-refractivity contribution < 1.29 is 8.78 Å². The normalized spacial score (nSPS) is 19.8. The Morgan fingerprint density at radius 2 is 1.82 bits per heavy atom. The van der Waals surface area contributed by atoms with Crippen molar-refractivity contribution in [1.29, 1.82) is 0 Å². The van der Waals surface area contributed by atoms with Gasteiger partial charge >= 0.3 is 0 Å². The van der Waals surface area contributed by atoms with Gasteiger partial charge in [-0.2, -0.15) is 0 Å². The van der Waals surface area contributed by atoms with Gasteiger partial charge in [-0.05, 0) is 69.7 Å². The number of aromatic nitrogens is 1. The summed E-state index contributed by atoms with van der Waals surface area (Å²) >= 11 is 0. The molecular formula is C16H29N2O2PSi. The first-order chi connectivity index (χ1) is 10.4. The van der Waals surface area contributed by atoms with Crippen molar-refractivity contribution in [2.75, 3.05) is 25.5 Å². The molecule has 6 heteroatoms. The molecule has 1 aromatic rings. The average molecular weight is 340 g/mol. The second-order valence-corrected chi connectivity index (χ2v) is 14.5. The number of likely N-dealkylation sites (tertiary alicyclic amines) is 1. The van der Waals surface area contributed by atoms with E-state index in [2.05, 4.69) is 29.5 Å². The van der Waals surface area contributed by atoms with Crippen LogP contribution in [0.4, 0.5) is 0 Å². The first-order valence-electron chi connectivity index (χ1n) is 8.26. The topological polar surface area (TPSA) is 42.4 Å². The minimum atomic E-state index is -2.61. The molecule has 0 aliphatic carbocycles. The van der Waals surface area contributed by atoms with E-state index in [-0.39, 0.29) is 0 Å². The molecule has 1 aromatic heterocycles. The lowest BCUT2D eigenvalue weighted by Crippen LogP contribution is -2.34. The summed E-state index contributed by atoms with van der Waals surface area (Å²) < 4.78 is 19.6. The maximum absolute atomic E-state index is 13.4. The predicted octanol–water partition coefficient (Wildman–Crippen LogP) is 4.20. The maximum atomic E-state index is 13.4. The molecule has 0 N–H and O–H groups in total. The quantitative estimate of drug-likeness (QED) is 0.551. The van der Waals surface area contributed by atoms with Crippen molar-refractivity contribution >= 4 is 15.7 Å². The molecule has 1 saturated heterocycles. The van der Waals surface area contributed by atoms with Crippen LogP contribution in [0.1, 0.15) is 24.8 Å². The third-order valence-corrected chi connectivity index (χ3v) is 9.05. The molecule has 2 rings (SSSR count). The predicted molar refractivity (Wildman–Crippen MR) is 95.1 cm³/mol. The fourth-order valence-electron chi connectivity index (χ4n) is 2.90. The number of rotatable bonds is 7. The Hall–Kier alpha value is -0.483. The van der Waals surface area contributed by atoms with Crippen molar-refractivity contribution in [3.8, 4) is 0 Å². The first-order valence-corrected chi connectivity index (χ1v) is 13.7. The van der Waals surface area contributed by atoms with Crippen molar-refractivity contribution in [3.05, 3.63) is 30.1 Å². The van der Waals surface area contributed by atoms with Crippen LogP contribution in [0.25, 0.3) is 0 Å². The van der Waals surface area contributed by atoms with Crippen molar-refractivity contribution in [3.63, 3.8) is 0 Å². The third kappa shape index (κ3) is 6.33. The highest BCUT2D eigenvalue weighted by molar-refractivity contribution is 7.60. The molecule has 0 aromatic carbocycles. The Bertz CT molecular complexity index is 499. The zero-order valence-electron chi connectivity index (χ0n) is 14.1. The van der Waals surface area contributed by atoms with E-state index in [4.69, 9.17) is 4.21 Å². The third-order valence-electron chi connectivity index (χ3n) is 3.79. The fraction of sp³-hybridized carbons (Fsp3) is 0.688. The molecule has 2 heterocycles. The number of hydrogen-bond donors (Lipinski definition) is 0. The van der Waals surface area contributed by atoms with Gasteiger partial charge in [-0.15, -0.1) is 0 Å². The summed E-state index contributed by atoms with van der Waals surface area (Å²) in [7, 11) is -4.43. The molecule has 0 bridgehead atoms. The van der Waals surface area contributed by atoms with Gasteiger partial charge in [-0.1, -0.05) is 6.42 Å². The average Bonchev–Trinajstić information content (AvgIpc) is 2.45. The van der Waals surface area contributed by atoms with Crippen molar-refractivity contribution in [2.24, 2.45) is 0 Å². The Kier molecular flexibility index (Phi) is 6.39. The Morgan fingerprint density at radius 3 is 2.41 bits per heavy atom. The molecule has 22 heavy (non-hydrogen) atoms. The lowest BCUT2D eigenvalue weighted by molar-refractivity contribution is 0.254. The van der Waals surface area contributed by atoms with Gasteiger partial charge in [0.05, 0.1) is 6.29 Å². The lowest BCUT2D eigenvalue weighted by Gasteiger charge is -2.33. The lowest BCUT2D eigenvalue weighted by atomic mass is 10.1. The highest BCUT2D eigenvalue weighted by Crippen LogP contribution is 2.50. The monoisotopic (exact) mass is 340 g/mol. The summed E-state index contributed by atoms with van der Waals surface area (Å²) in [6.45, 7) is 8.51. The summed E-state index contributed by atoms with van der Waals surface area (Å²) in [6.07, 6.45) is 9.40. The Labute approximate surface area is 135 Å². The van der Waals surface area contributed by atoms with Gasteiger partial charge in [-0.3, -0.25) is 14.4 Å². The molecule has 0 saturated carbocycles. The van der Waals surface area contributed by atoms with E-state index in [1.165, 1.54) is 24.8 Å². The fourth-order valence-corrected chi connectivity index (χ4v) is 9.12. The summed E-state index contributed by atoms with van der Waals surface area (Å²) in [5.41, 5.74) is 1.19. The minimum absolute atomic E-state index is 0.627. The van der Waals surface area contributed by atoms with E-state index in [0.29, 0.717) is 12.4 Å². The molecule has 1 atom stereocenters. The molecule has 1 unspecified atom stereocenters. The number of aryl methyl sites for hydroxylation is 1. The zero-order chi connectivity index (χ0) is 16.1. The van der Waals surface area contributed by atoms with Crippen LogP contribution in [0.3, 0.4) is 0 Å². The summed E-state index contributed by atoms with van der Waals surface area (Å²) in [4.78, 5) is 6.39. The number of pyridine rings is 1. The van der Waals surface area contributed by atoms with Crippen LogP contribution in [0.2, 0.25) is 19.6 Å². The number of hydrogen-bond acceptors (Lipinski definition) is 4. The molecule has 1 fully saturated rings. The van der Waals surface area contributed by atoms with E-state index in [0.717, 1.165) is 19.5 Å². The standard InChI is InChI=1S/C16H29N2O2PSi/c1-22(2,3)20-21(19,15-18-12-5-4-6-13-18)14-9-16-7-10-17-11-8-16/h7-8,10-11H,4-6,9,12-15H2,1-3H3. The maximum Gasteiger partial charge on any atom is 0.207 e. The van der Waals surface area contributed by atoms with Crippen LogP contribution in [-0.2, 0) is 15.2 Å². The van der Waals surface area contributed by atoms with Gasteiger partial charge in [0.25, 0.3) is 0 Å². The molecule has 124 valence electrons. The van der Waals surface area contributed by atoms with E-state index in [9.17, 15) is 4.57 Å². The number of nitrogens with zero attached hydrogens (tertiary/aromatic N) is 2. The zero-order valence-corrected chi connectivity index (χ0v) is 16.0. The van der Waals surface area contributed by atoms with Crippen LogP contribution in [-0.4, -0.2) is 43.7 Å². The van der Waals surface area contributed by atoms with Crippen LogP contribution < -0.4 is 0 Å². The van der Waals surface area contributed by atoms with Gasteiger partial charge in [0.2, 0.25) is 7.37 Å². The van der Waals surface area contributed by atoms with Crippen molar-refractivity contribution in [1.82, 2.24) is 9.88 Å². The summed E-state index contributed by atoms with van der Waals surface area (Å²) in [5.74, 6) is 0. The highest BCUT2D eigenvalue weighted by Gasteiger charge is 2.32. The molecule has 0 radical (unpaired) electrons. The molecular weight excluding hydrogens is 311 g/mol. The highest BCUT2D eigenvalue weighted by atomic mass is 31.2. The van der Waals surface area contributed by atoms with E-state index in [1.807, 2.05) is 12.1 Å². The molecule has 0 amide bonds. The van der Waals surface area contributed by atoms with Crippen LogP contribution in [0.15, 0.2) is 24.5 Å². The summed E-state index contributed by atoms with van der Waals surface area (Å²) in [5, 5.41) is 0. The Morgan fingerprint density at radius 1 is 1.18 bits per heavy atom. The van der Waals surface area contributed by atoms with E-state index < -0.39 is 15.7 Å². The molecule has 1 aliphatic rings. The van der Waals surface area contributed by atoms with Gasteiger partial charge in [0.1, 0.15) is 0 Å². The smallest absolute Gasteiger partial charge is 0.207 e. The van der Waals surface area contributed by atoms with Gasteiger partial charge in [-0.25, -0.2) is 0 Å². The van der Waals surface area contributed by atoms with Gasteiger partial charge in [0, 0.05) is 18.6 Å². The van der Waals surface area contributed by atoms with E-state index >= 15 is 0 Å². The Balaban J connectivity index is 2.02. The molecule has 0 spiro atoms. The first kappa shape index (κ1) is 17.9. The summed E-state index contributed by atoms with van der Waals surface area (Å²) in [6, 6.07) is 4.00. The van der Waals surface area contributed by atoms with Crippen LogP contribution >= 0.6 is 7.37 Å². The van der Waals surface area contributed by atoms with Crippen molar-refractivity contribution in [2.45, 2.75) is 45.3 Å². The minimum Gasteiger partial charge on any atom is -0.369 e. The number of piperidine rings is 1. The second kappa shape index (κ2) is 7.87. The van der Waals surface area contributed by atoms with E-state index in [1.54, 1.807) is 12.4 Å². The van der Waals surface area contributed by atoms with Crippen LogP contribution in [0.5, 0.6) is 0 Å². The SMILES string of the molecule is C[Si](C)(C)OP(=O)(CCc1ccncc1)CN1CCCCC1. The van der Waals surface area contributed by atoms with Crippen LogP contribution in [0, 0.1) is 0 Å². The van der Waals surface area contributed by atoms with Gasteiger partial charge < -0.3 is 4.21 Å². The molecule has 1 aliphatic heterocycles.